The van der Waals surface area contributed by atoms with Crippen molar-refractivity contribution in [2.24, 2.45) is 5.10 Å². The van der Waals surface area contributed by atoms with Crippen molar-refractivity contribution in [1.29, 1.82) is 0 Å². The van der Waals surface area contributed by atoms with Crippen molar-refractivity contribution >= 4 is 12.1 Å². The van der Waals surface area contributed by atoms with Crippen LogP contribution in [-0.4, -0.2) is 60.6 Å². The molecule has 0 unspecified atom stereocenters. The number of morpholine rings is 1. The summed E-state index contributed by atoms with van der Waals surface area (Å²) in [5.41, 5.74) is 3.95. The molecule has 1 aromatic heterocycles. The van der Waals surface area contributed by atoms with E-state index in [1.165, 1.54) is 12.1 Å². The minimum absolute atomic E-state index is 0.0782. The Morgan fingerprint density at radius 2 is 2.19 bits per heavy atom. The average molecular weight is 371 g/mol. The summed E-state index contributed by atoms with van der Waals surface area (Å²) < 4.78 is 10.8. The van der Waals surface area contributed by atoms with Crippen LogP contribution in [0.25, 0.3) is 0 Å². The number of hydrogen-bond donors (Lipinski definition) is 2. The van der Waals surface area contributed by atoms with Gasteiger partial charge in [-0.15, -0.1) is 0 Å². The van der Waals surface area contributed by atoms with Crippen LogP contribution in [0.1, 0.15) is 21.6 Å². The van der Waals surface area contributed by atoms with Crippen molar-refractivity contribution in [3.63, 3.8) is 0 Å². The molecule has 27 heavy (non-hydrogen) atoms. The summed E-state index contributed by atoms with van der Waals surface area (Å²) in [6, 6.07) is 8.27. The standard InChI is InChI=1S/C18H21N5O4/c1-26-16-4-2-13(10-14(16)12-23-6-8-27-9-7-23)11-19-22-18(25)15-3-5-17(24)21-20-15/h2-5,10-11H,6-9,12H2,1H3,(H,21,24)(H,22,25)/b19-11+. The fourth-order valence-electron chi connectivity index (χ4n) is 2.70. The number of methoxy groups -OCH3 is 1. The van der Waals surface area contributed by atoms with Crippen molar-refractivity contribution in [1.82, 2.24) is 20.5 Å². The van der Waals surface area contributed by atoms with Crippen LogP contribution in [0, 0.1) is 0 Å². The maximum absolute atomic E-state index is 11.9. The molecule has 0 radical (unpaired) electrons. The predicted molar refractivity (Wildman–Crippen MR) is 99.0 cm³/mol. The number of hydrogen-bond acceptors (Lipinski definition) is 7. The van der Waals surface area contributed by atoms with E-state index in [-0.39, 0.29) is 11.3 Å². The second kappa shape index (κ2) is 9.06. The van der Waals surface area contributed by atoms with Crippen LogP contribution in [0.4, 0.5) is 0 Å². The Morgan fingerprint density at radius 1 is 1.37 bits per heavy atom. The maximum atomic E-state index is 11.9. The predicted octanol–water partition coefficient (Wildman–Crippen LogP) is 0.375. The van der Waals surface area contributed by atoms with Crippen molar-refractivity contribution in [2.75, 3.05) is 33.4 Å². The van der Waals surface area contributed by atoms with Gasteiger partial charge >= 0.3 is 0 Å². The SMILES string of the molecule is COc1ccc(/C=N/NC(=O)c2ccc(=O)[nH]n2)cc1CN1CCOCC1. The molecular formula is C18H21N5O4. The lowest BCUT2D eigenvalue weighted by atomic mass is 10.1. The summed E-state index contributed by atoms with van der Waals surface area (Å²) in [4.78, 5) is 25.2. The second-order valence-electron chi connectivity index (χ2n) is 5.97. The lowest BCUT2D eigenvalue weighted by Gasteiger charge is -2.27. The van der Waals surface area contributed by atoms with Gasteiger partial charge in [0, 0.05) is 31.3 Å². The largest absolute Gasteiger partial charge is 0.496 e. The first-order valence-electron chi connectivity index (χ1n) is 8.52. The summed E-state index contributed by atoms with van der Waals surface area (Å²) in [5, 5.41) is 9.80. The third-order valence-electron chi connectivity index (χ3n) is 4.09. The Balaban J connectivity index is 1.65. The minimum atomic E-state index is -0.510. The molecule has 9 nitrogen and oxygen atoms in total. The highest BCUT2D eigenvalue weighted by Crippen LogP contribution is 2.21. The molecular weight excluding hydrogens is 350 g/mol. The van der Waals surface area contributed by atoms with Crippen LogP contribution in [-0.2, 0) is 11.3 Å². The van der Waals surface area contributed by atoms with Crippen molar-refractivity contribution in [3.05, 3.63) is 57.5 Å². The molecule has 1 aromatic carbocycles. The van der Waals surface area contributed by atoms with E-state index in [4.69, 9.17) is 9.47 Å². The number of nitrogens with zero attached hydrogens (tertiary/aromatic N) is 3. The average Bonchev–Trinajstić information content (AvgIpc) is 2.69. The van der Waals surface area contributed by atoms with E-state index in [1.54, 1.807) is 13.3 Å². The summed E-state index contributed by atoms with van der Waals surface area (Å²) in [7, 11) is 1.64. The number of benzene rings is 1. The topological polar surface area (TPSA) is 109 Å². The molecule has 1 amide bonds. The molecule has 0 bridgehead atoms. The molecule has 2 heterocycles. The highest BCUT2D eigenvalue weighted by atomic mass is 16.5. The number of hydrazone groups is 1. The van der Waals surface area contributed by atoms with Crippen LogP contribution >= 0.6 is 0 Å². The number of H-pyrrole nitrogens is 1. The Labute approximate surface area is 156 Å². The Bertz CT molecular complexity index is 854. The molecule has 1 aliphatic heterocycles. The zero-order valence-corrected chi connectivity index (χ0v) is 15.0. The molecule has 1 saturated heterocycles. The van der Waals surface area contributed by atoms with Gasteiger partial charge in [-0.1, -0.05) is 0 Å². The molecule has 0 aliphatic carbocycles. The second-order valence-corrected chi connectivity index (χ2v) is 5.97. The van der Waals surface area contributed by atoms with Crippen molar-refractivity contribution < 1.29 is 14.3 Å². The van der Waals surface area contributed by atoms with Gasteiger partial charge in [-0.2, -0.15) is 10.2 Å². The monoisotopic (exact) mass is 371 g/mol. The van der Waals surface area contributed by atoms with Gasteiger partial charge in [0.2, 0.25) is 0 Å². The molecule has 1 fully saturated rings. The fraction of sp³-hybridized carbons (Fsp3) is 0.333. The number of ether oxygens (including phenoxy) is 2. The summed E-state index contributed by atoms with van der Waals surface area (Å²) in [6.45, 7) is 3.97. The molecule has 2 N–H and O–H groups in total. The number of nitrogens with one attached hydrogen (secondary N) is 2. The van der Waals surface area contributed by atoms with E-state index in [2.05, 4.69) is 25.6 Å². The van der Waals surface area contributed by atoms with Crippen molar-refractivity contribution in [2.45, 2.75) is 6.54 Å². The number of amides is 1. The number of aromatic amines is 1. The smallest absolute Gasteiger partial charge is 0.291 e. The zero-order chi connectivity index (χ0) is 19.1. The van der Waals surface area contributed by atoms with Crippen molar-refractivity contribution in [3.8, 4) is 5.75 Å². The minimum Gasteiger partial charge on any atom is -0.496 e. The highest BCUT2D eigenvalue weighted by molar-refractivity contribution is 5.92. The van der Waals surface area contributed by atoms with E-state index in [0.717, 1.165) is 49.7 Å². The first-order chi connectivity index (χ1) is 13.2. The van der Waals surface area contributed by atoms with Crippen LogP contribution in [0.5, 0.6) is 5.75 Å². The van der Waals surface area contributed by atoms with Crippen LogP contribution < -0.4 is 15.7 Å². The summed E-state index contributed by atoms with van der Waals surface area (Å²) in [5.74, 6) is 0.296. The van der Waals surface area contributed by atoms with Gasteiger partial charge in [0.05, 0.1) is 26.5 Å². The molecule has 0 spiro atoms. The van der Waals surface area contributed by atoms with Gasteiger partial charge in [0.25, 0.3) is 11.5 Å². The van der Waals surface area contributed by atoms with Gasteiger partial charge in [-0.25, -0.2) is 10.5 Å². The quantitative estimate of drug-likeness (QED) is 0.561. The first-order valence-corrected chi connectivity index (χ1v) is 8.52. The molecule has 0 atom stereocenters. The van der Waals surface area contributed by atoms with E-state index in [9.17, 15) is 9.59 Å². The van der Waals surface area contributed by atoms with Crippen LogP contribution in [0.2, 0.25) is 0 Å². The van der Waals surface area contributed by atoms with Gasteiger partial charge in [0.1, 0.15) is 5.75 Å². The molecule has 142 valence electrons. The van der Waals surface area contributed by atoms with E-state index < -0.39 is 5.91 Å². The molecule has 1 aliphatic rings. The molecule has 3 rings (SSSR count). The molecule has 0 saturated carbocycles. The number of carbonyl (C=O) groups is 1. The summed E-state index contributed by atoms with van der Waals surface area (Å²) in [6.07, 6.45) is 1.55. The first kappa shape index (κ1) is 18.7. The number of rotatable bonds is 6. The van der Waals surface area contributed by atoms with Gasteiger partial charge in [-0.05, 0) is 29.8 Å². The number of aromatic nitrogens is 2. The third kappa shape index (κ3) is 5.22. The highest BCUT2D eigenvalue weighted by Gasteiger charge is 2.13. The Kier molecular flexibility index (Phi) is 6.29. The van der Waals surface area contributed by atoms with E-state index in [1.807, 2.05) is 18.2 Å². The lowest BCUT2D eigenvalue weighted by molar-refractivity contribution is 0.0339. The fourth-order valence-corrected chi connectivity index (χ4v) is 2.70. The van der Waals surface area contributed by atoms with Gasteiger partial charge in [-0.3, -0.25) is 14.5 Å². The van der Waals surface area contributed by atoms with Crippen LogP contribution in [0.15, 0.2) is 40.2 Å². The Morgan fingerprint density at radius 3 is 2.89 bits per heavy atom. The molecule has 2 aromatic rings. The molecule has 9 heteroatoms. The maximum Gasteiger partial charge on any atom is 0.291 e. The third-order valence-corrected chi connectivity index (χ3v) is 4.09. The lowest BCUT2D eigenvalue weighted by Crippen LogP contribution is -2.35. The zero-order valence-electron chi connectivity index (χ0n) is 15.0. The Hall–Kier alpha value is -3.04. The number of carbonyl (C=O) groups excluding carboxylic acids is 1. The van der Waals surface area contributed by atoms with Gasteiger partial charge in [0.15, 0.2) is 5.69 Å². The van der Waals surface area contributed by atoms with E-state index in [0.29, 0.717) is 0 Å². The van der Waals surface area contributed by atoms with Gasteiger partial charge < -0.3 is 9.47 Å². The summed E-state index contributed by atoms with van der Waals surface area (Å²) >= 11 is 0. The van der Waals surface area contributed by atoms with Crippen LogP contribution in [0.3, 0.4) is 0 Å². The normalized spacial score (nSPS) is 15.0. The van der Waals surface area contributed by atoms with E-state index >= 15 is 0 Å².